The van der Waals surface area contributed by atoms with E-state index in [9.17, 15) is 9.59 Å². The van der Waals surface area contributed by atoms with Gasteiger partial charge in [-0.05, 0) is 20.8 Å². The first kappa shape index (κ1) is 15.7. The number of carbonyl (C=O) groups excluding carboxylic acids is 1. The SMILES string of the molecule is CCOCCNC(=O)N(CCC(=O)O)C(C)C. The molecule has 0 aliphatic rings. The Labute approximate surface area is 102 Å². The molecule has 0 bridgehead atoms. The monoisotopic (exact) mass is 246 g/mol. The van der Waals surface area contributed by atoms with Gasteiger partial charge in [0.05, 0.1) is 13.0 Å². The Kier molecular flexibility index (Phi) is 8.13. The second kappa shape index (κ2) is 8.81. The maximum atomic E-state index is 11.7. The maximum absolute atomic E-state index is 11.7. The van der Waals surface area contributed by atoms with Crippen molar-refractivity contribution in [2.24, 2.45) is 0 Å². The summed E-state index contributed by atoms with van der Waals surface area (Å²) in [6, 6.07) is -0.276. The average molecular weight is 246 g/mol. The van der Waals surface area contributed by atoms with Gasteiger partial charge in [-0.25, -0.2) is 4.79 Å². The van der Waals surface area contributed by atoms with E-state index >= 15 is 0 Å². The Morgan fingerprint density at radius 2 is 2.06 bits per heavy atom. The summed E-state index contributed by atoms with van der Waals surface area (Å²) in [5.74, 6) is -0.905. The fraction of sp³-hybridized carbons (Fsp3) is 0.818. The molecular weight excluding hydrogens is 224 g/mol. The first-order valence-electron chi connectivity index (χ1n) is 5.83. The number of carboxylic acid groups (broad SMARTS) is 1. The van der Waals surface area contributed by atoms with Crippen LogP contribution in [0.5, 0.6) is 0 Å². The summed E-state index contributed by atoms with van der Waals surface area (Å²) in [6.07, 6.45) is -0.0446. The lowest BCUT2D eigenvalue weighted by molar-refractivity contribution is -0.137. The first-order chi connectivity index (χ1) is 7.99. The third-order valence-electron chi connectivity index (χ3n) is 2.18. The van der Waals surface area contributed by atoms with E-state index in [1.54, 1.807) is 0 Å². The van der Waals surface area contributed by atoms with Crippen LogP contribution in [0.4, 0.5) is 4.79 Å². The highest BCUT2D eigenvalue weighted by molar-refractivity contribution is 5.75. The van der Waals surface area contributed by atoms with Crippen LogP contribution in [0.3, 0.4) is 0 Å². The Balaban J connectivity index is 4.02. The van der Waals surface area contributed by atoms with Crippen LogP contribution >= 0.6 is 0 Å². The van der Waals surface area contributed by atoms with Crippen LogP contribution in [-0.4, -0.2) is 54.4 Å². The summed E-state index contributed by atoms with van der Waals surface area (Å²) in [7, 11) is 0. The number of aliphatic carboxylic acids is 1. The van der Waals surface area contributed by atoms with Gasteiger partial charge < -0.3 is 20.1 Å². The molecule has 0 saturated heterocycles. The number of nitrogens with zero attached hydrogens (tertiary/aromatic N) is 1. The molecule has 0 rings (SSSR count). The van der Waals surface area contributed by atoms with Gasteiger partial charge in [0.15, 0.2) is 0 Å². The highest BCUT2D eigenvalue weighted by Gasteiger charge is 2.17. The van der Waals surface area contributed by atoms with Crippen molar-refractivity contribution in [1.82, 2.24) is 10.2 Å². The van der Waals surface area contributed by atoms with Gasteiger partial charge >= 0.3 is 12.0 Å². The molecule has 0 radical (unpaired) electrons. The third-order valence-corrected chi connectivity index (χ3v) is 2.18. The number of urea groups is 1. The zero-order valence-corrected chi connectivity index (χ0v) is 10.7. The smallest absolute Gasteiger partial charge is 0.317 e. The van der Waals surface area contributed by atoms with E-state index in [2.05, 4.69) is 5.32 Å². The van der Waals surface area contributed by atoms with Crippen LogP contribution in [0.1, 0.15) is 27.2 Å². The minimum Gasteiger partial charge on any atom is -0.481 e. The van der Waals surface area contributed by atoms with Gasteiger partial charge in [-0.1, -0.05) is 0 Å². The number of amides is 2. The molecule has 0 aliphatic heterocycles. The molecule has 2 N–H and O–H groups in total. The van der Waals surface area contributed by atoms with Gasteiger partial charge in [0.2, 0.25) is 0 Å². The van der Waals surface area contributed by atoms with Crippen LogP contribution in [0.15, 0.2) is 0 Å². The fourth-order valence-corrected chi connectivity index (χ4v) is 1.29. The third kappa shape index (κ3) is 7.57. The van der Waals surface area contributed by atoms with E-state index in [4.69, 9.17) is 9.84 Å². The van der Waals surface area contributed by atoms with E-state index in [0.29, 0.717) is 19.8 Å². The van der Waals surface area contributed by atoms with Gasteiger partial charge in [0.1, 0.15) is 0 Å². The van der Waals surface area contributed by atoms with Crippen molar-refractivity contribution in [1.29, 1.82) is 0 Å². The molecule has 0 aromatic rings. The fourth-order valence-electron chi connectivity index (χ4n) is 1.29. The maximum Gasteiger partial charge on any atom is 0.317 e. The summed E-state index contributed by atoms with van der Waals surface area (Å²) in [5.41, 5.74) is 0. The van der Waals surface area contributed by atoms with Crippen LogP contribution in [0, 0.1) is 0 Å². The number of nitrogens with one attached hydrogen (secondary N) is 1. The van der Waals surface area contributed by atoms with Crippen molar-refractivity contribution >= 4 is 12.0 Å². The molecule has 6 heteroatoms. The molecule has 0 atom stereocenters. The summed E-state index contributed by atoms with van der Waals surface area (Å²) >= 11 is 0. The molecule has 0 aromatic heterocycles. The summed E-state index contributed by atoms with van der Waals surface area (Å²) in [6.45, 7) is 7.31. The van der Waals surface area contributed by atoms with E-state index in [1.165, 1.54) is 4.90 Å². The van der Waals surface area contributed by atoms with E-state index < -0.39 is 5.97 Å². The first-order valence-corrected chi connectivity index (χ1v) is 5.83. The van der Waals surface area contributed by atoms with Gasteiger partial charge in [-0.2, -0.15) is 0 Å². The minimum atomic E-state index is -0.905. The molecule has 0 fully saturated rings. The van der Waals surface area contributed by atoms with Gasteiger partial charge in [-0.3, -0.25) is 4.79 Å². The van der Waals surface area contributed by atoms with E-state index in [-0.39, 0.29) is 25.0 Å². The predicted octanol–water partition coefficient (Wildman–Crippen LogP) is 0.918. The normalized spacial score (nSPS) is 10.4. The lowest BCUT2D eigenvalue weighted by atomic mass is 10.3. The Morgan fingerprint density at radius 3 is 2.53 bits per heavy atom. The summed E-state index contributed by atoms with van der Waals surface area (Å²) < 4.78 is 5.09. The van der Waals surface area contributed by atoms with Crippen LogP contribution in [0.2, 0.25) is 0 Å². The van der Waals surface area contributed by atoms with Gasteiger partial charge in [0.25, 0.3) is 0 Å². The topological polar surface area (TPSA) is 78.9 Å². The molecule has 0 aromatic carbocycles. The van der Waals surface area contributed by atoms with Crippen molar-refractivity contribution < 1.29 is 19.4 Å². The second-order valence-electron chi connectivity index (χ2n) is 3.86. The number of ether oxygens (including phenoxy) is 1. The van der Waals surface area contributed by atoms with Gasteiger partial charge in [0, 0.05) is 25.7 Å². The number of carbonyl (C=O) groups is 2. The van der Waals surface area contributed by atoms with Crippen LogP contribution < -0.4 is 5.32 Å². The molecule has 0 saturated carbocycles. The number of hydrogen-bond acceptors (Lipinski definition) is 3. The minimum absolute atomic E-state index is 0.0264. The Morgan fingerprint density at radius 1 is 1.41 bits per heavy atom. The molecule has 0 spiro atoms. The molecule has 17 heavy (non-hydrogen) atoms. The molecule has 2 amide bonds. The molecule has 0 aliphatic carbocycles. The zero-order chi connectivity index (χ0) is 13.3. The number of rotatable bonds is 8. The van der Waals surface area contributed by atoms with Gasteiger partial charge in [-0.15, -0.1) is 0 Å². The number of hydrogen-bond donors (Lipinski definition) is 2. The van der Waals surface area contributed by atoms with Crippen molar-refractivity contribution in [3.05, 3.63) is 0 Å². The predicted molar refractivity (Wildman–Crippen MR) is 64.0 cm³/mol. The summed E-state index contributed by atoms with van der Waals surface area (Å²) in [4.78, 5) is 23.7. The Hall–Kier alpha value is -1.30. The highest BCUT2D eigenvalue weighted by Crippen LogP contribution is 2.00. The van der Waals surface area contributed by atoms with Crippen LogP contribution in [-0.2, 0) is 9.53 Å². The van der Waals surface area contributed by atoms with Crippen molar-refractivity contribution in [2.45, 2.75) is 33.2 Å². The highest BCUT2D eigenvalue weighted by atomic mass is 16.5. The second-order valence-corrected chi connectivity index (χ2v) is 3.86. The lowest BCUT2D eigenvalue weighted by Crippen LogP contribution is -2.45. The largest absolute Gasteiger partial charge is 0.481 e. The zero-order valence-electron chi connectivity index (χ0n) is 10.7. The quantitative estimate of drug-likeness (QED) is 0.624. The average Bonchev–Trinajstić information content (AvgIpc) is 2.23. The van der Waals surface area contributed by atoms with Crippen molar-refractivity contribution in [3.8, 4) is 0 Å². The Bertz CT molecular complexity index is 244. The van der Waals surface area contributed by atoms with Crippen molar-refractivity contribution in [3.63, 3.8) is 0 Å². The molecule has 100 valence electrons. The standard InChI is InChI=1S/C11H22N2O4/c1-4-17-8-6-12-11(16)13(9(2)3)7-5-10(14)15/h9H,4-8H2,1-3H3,(H,12,16)(H,14,15). The van der Waals surface area contributed by atoms with E-state index in [0.717, 1.165) is 0 Å². The molecule has 0 heterocycles. The van der Waals surface area contributed by atoms with Crippen LogP contribution in [0.25, 0.3) is 0 Å². The number of carboxylic acids is 1. The lowest BCUT2D eigenvalue weighted by Gasteiger charge is -2.26. The van der Waals surface area contributed by atoms with Crippen molar-refractivity contribution in [2.75, 3.05) is 26.3 Å². The summed E-state index contributed by atoms with van der Waals surface area (Å²) in [5, 5.41) is 11.3. The molecular formula is C11H22N2O4. The molecule has 0 unspecified atom stereocenters. The molecule has 6 nitrogen and oxygen atoms in total. The van der Waals surface area contributed by atoms with E-state index in [1.807, 2.05) is 20.8 Å².